The highest BCUT2D eigenvalue weighted by Gasteiger charge is 2.35. The highest BCUT2D eigenvalue weighted by Crippen LogP contribution is 2.32. The van der Waals surface area contributed by atoms with E-state index < -0.39 is 26.7 Å². The second kappa shape index (κ2) is 8.21. The summed E-state index contributed by atoms with van der Waals surface area (Å²) in [5.41, 5.74) is 2.10. The van der Waals surface area contributed by atoms with Crippen LogP contribution in [0.4, 0.5) is 18.9 Å². The van der Waals surface area contributed by atoms with Gasteiger partial charge in [-0.3, -0.25) is 4.79 Å². The van der Waals surface area contributed by atoms with Crippen LogP contribution in [-0.2, 0) is 21.0 Å². The topological polar surface area (TPSA) is 79.4 Å². The number of carbonyl (C=O) groups excluding carboxylic acids is 1. The maximum absolute atomic E-state index is 12.9. The second-order valence-corrected chi connectivity index (χ2v) is 10.1. The first-order chi connectivity index (χ1) is 14.6. The molecule has 6 nitrogen and oxygen atoms in total. The number of benzene rings is 2. The lowest BCUT2D eigenvalue weighted by Crippen LogP contribution is -2.41. The predicted molar refractivity (Wildman–Crippen MR) is 111 cm³/mol. The fourth-order valence-corrected chi connectivity index (χ4v) is 5.70. The Morgan fingerprint density at radius 2 is 1.87 bits per heavy atom. The number of piperidine rings is 1. The van der Waals surface area contributed by atoms with E-state index in [1.807, 2.05) is 6.07 Å². The molecule has 11 heteroatoms. The van der Waals surface area contributed by atoms with Crippen molar-refractivity contribution in [2.24, 2.45) is 5.92 Å². The van der Waals surface area contributed by atoms with Gasteiger partial charge in [0.1, 0.15) is 0 Å². The number of aromatic nitrogens is 1. The summed E-state index contributed by atoms with van der Waals surface area (Å²) in [6.07, 6.45) is -4.07. The van der Waals surface area contributed by atoms with E-state index in [1.54, 1.807) is 17.6 Å². The van der Waals surface area contributed by atoms with Crippen molar-refractivity contribution in [3.8, 4) is 0 Å². The minimum Gasteiger partial charge on any atom is -0.326 e. The van der Waals surface area contributed by atoms with Crippen molar-refractivity contribution < 1.29 is 26.4 Å². The number of carbonyl (C=O) groups is 1. The Hall–Kier alpha value is -2.50. The fourth-order valence-electron chi connectivity index (χ4n) is 3.52. The summed E-state index contributed by atoms with van der Waals surface area (Å²) in [5, 5.41) is 2.84. The summed E-state index contributed by atoms with van der Waals surface area (Å²) in [6, 6.07) is 9.13. The van der Waals surface area contributed by atoms with Crippen LogP contribution in [0.1, 0.15) is 18.4 Å². The van der Waals surface area contributed by atoms with Crippen molar-refractivity contribution in [1.29, 1.82) is 0 Å². The van der Waals surface area contributed by atoms with Crippen LogP contribution < -0.4 is 5.32 Å². The maximum Gasteiger partial charge on any atom is 0.416 e. The highest BCUT2D eigenvalue weighted by molar-refractivity contribution is 7.89. The summed E-state index contributed by atoms with van der Waals surface area (Å²) in [6.45, 7) is 0.115. The van der Waals surface area contributed by atoms with E-state index in [0.717, 1.165) is 32.7 Å². The number of rotatable bonds is 4. The smallest absolute Gasteiger partial charge is 0.326 e. The van der Waals surface area contributed by atoms with Crippen LogP contribution >= 0.6 is 11.3 Å². The van der Waals surface area contributed by atoms with E-state index in [-0.39, 0.29) is 37.8 Å². The Morgan fingerprint density at radius 1 is 1.13 bits per heavy atom. The summed E-state index contributed by atoms with van der Waals surface area (Å²) >= 11 is 1.50. The zero-order valence-corrected chi connectivity index (χ0v) is 17.7. The summed E-state index contributed by atoms with van der Waals surface area (Å²) in [4.78, 5) is 16.4. The summed E-state index contributed by atoms with van der Waals surface area (Å²) in [5.74, 6) is -0.607. The molecule has 1 aromatic heterocycles. The number of hydrogen-bond acceptors (Lipinski definition) is 5. The molecule has 0 atom stereocenters. The number of hydrogen-bond donors (Lipinski definition) is 1. The van der Waals surface area contributed by atoms with Crippen molar-refractivity contribution in [1.82, 2.24) is 9.29 Å². The van der Waals surface area contributed by atoms with E-state index in [1.165, 1.54) is 11.3 Å². The van der Waals surface area contributed by atoms with Crippen LogP contribution in [0.3, 0.4) is 0 Å². The third-order valence-corrected chi connectivity index (χ3v) is 7.93. The van der Waals surface area contributed by atoms with Crippen LogP contribution in [0.2, 0.25) is 0 Å². The maximum atomic E-state index is 12.9. The molecule has 1 amide bonds. The molecule has 0 saturated carbocycles. The van der Waals surface area contributed by atoms with Crippen molar-refractivity contribution in [3.05, 3.63) is 53.5 Å². The molecule has 1 aliphatic heterocycles. The molecule has 2 heterocycles. The molecule has 164 valence electrons. The number of alkyl halides is 3. The molecular formula is C20H18F3N3O3S2. The molecule has 4 rings (SSSR count). The van der Waals surface area contributed by atoms with Gasteiger partial charge in [-0.25, -0.2) is 13.4 Å². The molecule has 0 aliphatic carbocycles. The third-order valence-electron chi connectivity index (χ3n) is 5.22. The van der Waals surface area contributed by atoms with Gasteiger partial charge in [0.25, 0.3) is 0 Å². The average molecular weight is 470 g/mol. The first kappa shape index (κ1) is 21.7. The minimum atomic E-state index is -4.63. The lowest BCUT2D eigenvalue weighted by Gasteiger charge is -2.30. The van der Waals surface area contributed by atoms with Gasteiger partial charge < -0.3 is 5.32 Å². The number of sulfonamides is 1. The van der Waals surface area contributed by atoms with Gasteiger partial charge in [0.15, 0.2) is 0 Å². The van der Waals surface area contributed by atoms with E-state index in [0.29, 0.717) is 11.8 Å². The number of halogens is 3. The molecule has 1 aliphatic rings. The molecule has 2 aromatic carbocycles. The standard InChI is InChI=1S/C20H18F3N3O3S2/c21-20(22,23)14-2-1-3-16(10-14)31(28,29)26-8-6-13(7-9-26)19(27)25-15-4-5-18-17(11-15)24-12-30-18/h1-5,10-13H,6-9H2,(H,25,27). The van der Waals surface area contributed by atoms with Gasteiger partial charge in [-0.2, -0.15) is 17.5 Å². The lowest BCUT2D eigenvalue weighted by atomic mass is 9.97. The molecule has 1 fully saturated rings. The van der Waals surface area contributed by atoms with Crippen molar-refractivity contribution in [3.63, 3.8) is 0 Å². The van der Waals surface area contributed by atoms with E-state index in [4.69, 9.17) is 0 Å². The third kappa shape index (κ3) is 4.58. The van der Waals surface area contributed by atoms with Gasteiger partial charge in [0.05, 0.1) is 26.2 Å². The van der Waals surface area contributed by atoms with Crippen molar-refractivity contribution >= 4 is 43.2 Å². The molecule has 0 radical (unpaired) electrons. The molecule has 0 unspecified atom stereocenters. The van der Waals surface area contributed by atoms with E-state index >= 15 is 0 Å². The molecule has 1 N–H and O–H groups in total. The van der Waals surface area contributed by atoms with Crippen LogP contribution in [0.15, 0.2) is 52.9 Å². The predicted octanol–water partition coefficient (Wildman–Crippen LogP) is 4.35. The number of thiazole rings is 1. The zero-order chi connectivity index (χ0) is 22.2. The Morgan fingerprint density at radius 3 is 2.58 bits per heavy atom. The van der Waals surface area contributed by atoms with Gasteiger partial charge in [-0.05, 0) is 49.2 Å². The van der Waals surface area contributed by atoms with Crippen molar-refractivity contribution in [2.45, 2.75) is 23.9 Å². The Bertz CT molecular complexity index is 1220. The largest absolute Gasteiger partial charge is 0.416 e. The van der Waals surface area contributed by atoms with Gasteiger partial charge in [0, 0.05) is 24.7 Å². The molecule has 1 saturated heterocycles. The molecule has 31 heavy (non-hydrogen) atoms. The number of amides is 1. The van der Waals surface area contributed by atoms with Crippen molar-refractivity contribution in [2.75, 3.05) is 18.4 Å². The average Bonchev–Trinajstić information content (AvgIpc) is 3.21. The lowest BCUT2D eigenvalue weighted by molar-refractivity contribution is -0.137. The SMILES string of the molecule is O=C(Nc1ccc2scnc2c1)C1CCN(S(=O)(=O)c2cccc(C(F)(F)F)c2)CC1. The van der Waals surface area contributed by atoms with Gasteiger partial charge in [-0.15, -0.1) is 11.3 Å². The van der Waals surface area contributed by atoms with Gasteiger partial charge in [-0.1, -0.05) is 6.07 Å². The monoisotopic (exact) mass is 469 g/mol. The number of anilines is 1. The molecule has 0 bridgehead atoms. The van der Waals surface area contributed by atoms with Crippen LogP contribution in [0.5, 0.6) is 0 Å². The number of fused-ring (bicyclic) bond motifs is 1. The van der Waals surface area contributed by atoms with Gasteiger partial charge in [0.2, 0.25) is 15.9 Å². The first-order valence-electron chi connectivity index (χ1n) is 9.46. The summed E-state index contributed by atoms with van der Waals surface area (Å²) < 4.78 is 66.5. The number of nitrogens with zero attached hydrogens (tertiary/aromatic N) is 2. The Labute approximate surface area is 180 Å². The van der Waals surface area contributed by atoms with Crippen LogP contribution in [-0.4, -0.2) is 36.7 Å². The normalized spacial score (nSPS) is 16.5. The van der Waals surface area contributed by atoms with E-state index in [9.17, 15) is 26.4 Å². The van der Waals surface area contributed by atoms with Crippen LogP contribution in [0.25, 0.3) is 10.2 Å². The molecular weight excluding hydrogens is 451 g/mol. The summed E-state index contributed by atoms with van der Waals surface area (Å²) in [7, 11) is -4.08. The Kier molecular flexibility index (Phi) is 5.75. The second-order valence-electron chi connectivity index (χ2n) is 7.23. The van der Waals surface area contributed by atoms with E-state index in [2.05, 4.69) is 10.3 Å². The zero-order valence-electron chi connectivity index (χ0n) is 16.1. The van der Waals surface area contributed by atoms with Crippen LogP contribution in [0, 0.1) is 5.92 Å². The first-order valence-corrected chi connectivity index (χ1v) is 11.8. The number of nitrogens with one attached hydrogen (secondary N) is 1. The quantitative estimate of drug-likeness (QED) is 0.616. The molecule has 0 spiro atoms. The fraction of sp³-hybridized carbons (Fsp3) is 0.300. The minimum absolute atomic E-state index is 0.0573. The highest BCUT2D eigenvalue weighted by atomic mass is 32.2. The van der Waals surface area contributed by atoms with Gasteiger partial charge >= 0.3 is 6.18 Å². The Balaban J connectivity index is 1.41. The molecule has 3 aromatic rings.